The van der Waals surface area contributed by atoms with Crippen molar-refractivity contribution in [3.63, 3.8) is 0 Å². The van der Waals surface area contributed by atoms with Crippen LogP contribution in [0.15, 0.2) is 79.1 Å². The maximum absolute atomic E-state index is 12.4. The zero-order valence-electron chi connectivity index (χ0n) is 16.8. The van der Waals surface area contributed by atoms with E-state index in [1.54, 1.807) is 17.0 Å². The Morgan fingerprint density at radius 2 is 1.47 bits per heavy atom. The number of rotatable bonds is 6. The van der Waals surface area contributed by atoms with Gasteiger partial charge in [-0.25, -0.2) is 4.79 Å². The summed E-state index contributed by atoms with van der Waals surface area (Å²) in [5.74, 6) is -0.628. The second kappa shape index (κ2) is 9.41. The third-order valence-electron chi connectivity index (χ3n) is 5.31. The monoisotopic (exact) mass is 403 g/mol. The third-order valence-corrected chi connectivity index (χ3v) is 5.31. The van der Waals surface area contributed by atoms with Crippen molar-refractivity contribution in [2.75, 3.05) is 32.8 Å². The molecule has 0 saturated carbocycles. The highest BCUT2D eigenvalue weighted by Crippen LogP contribution is 2.12. The summed E-state index contributed by atoms with van der Waals surface area (Å²) >= 11 is 0. The summed E-state index contributed by atoms with van der Waals surface area (Å²) in [6, 6.07) is 21.3. The van der Waals surface area contributed by atoms with Gasteiger partial charge in [0.25, 0.3) is 5.91 Å². The van der Waals surface area contributed by atoms with Crippen LogP contribution in [0.3, 0.4) is 0 Å². The van der Waals surface area contributed by atoms with Crippen molar-refractivity contribution in [3.8, 4) is 5.69 Å². The Balaban J connectivity index is 1.22. The standard InChI is InChI=1S/C24H25N3O3/c28-23(27-16-14-25(15-17-27)18-20-6-2-1-3-7-20)19-30-24(29)21-8-10-22(11-9-21)26-12-4-5-13-26/h1-13H,14-19H2. The van der Waals surface area contributed by atoms with Crippen LogP contribution in [0.4, 0.5) is 0 Å². The zero-order chi connectivity index (χ0) is 20.8. The lowest BCUT2D eigenvalue weighted by atomic mass is 10.2. The summed E-state index contributed by atoms with van der Waals surface area (Å²) in [5, 5.41) is 0. The fraction of sp³-hybridized carbons (Fsp3) is 0.250. The first-order valence-electron chi connectivity index (χ1n) is 10.1. The molecule has 1 amide bonds. The Labute approximate surface area is 176 Å². The minimum atomic E-state index is -0.481. The van der Waals surface area contributed by atoms with Crippen molar-refractivity contribution < 1.29 is 14.3 Å². The second-order valence-corrected chi connectivity index (χ2v) is 7.36. The van der Waals surface area contributed by atoms with E-state index in [0.717, 1.165) is 25.3 Å². The van der Waals surface area contributed by atoms with E-state index in [9.17, 15) is 9.59 Å². The van der Waals surface area contributed by atoms with Crippen LogP contribution < -0.4 is 0 Å². The predicted molar refractivity (Wildman–Crippen MR) is 114 cm³/mol. The lowest BCUT2D eigenvalue weighted by Crippen LogP contribution is -2.49. The summed E-state index contributed by atoms with van der Waals surface area (Å²) in [6.45, 7) is 3.59. The number of amides is 1. The number of nitrogens with zero attached hydrogens (tertiary/aromatic N) is 3. The molecule has 1 aliphatic heterocycles. The summed E-state index contributed by atoms with van der Waals surface area (Å²) < 4.78 is 7.20. The second-order valence-electron chi connectivity index (χ2n) is 7.36. The first-order valence-corrected chi connectivity index (χ1v) is 10.1. The molecule has 1 fully saturated rings. The van der Waals surface area contributed by atoms with Crippen LogP contribution >= 0.6 is 0 Å². The first kappa shape index (κ1) is 19.9. The van der Waals surface area contributed by atoms with Crippen LogP contribution in [0.25, 0.3) is 5.69 Å². The lowest BCUT2D eigenvalue weighted by Gasteiger charge is -2.34. The van der Waals surface area contributed by atoms with E-state index in [1.807, 2.05) is 59.4 Å². The topological polar surface area (TPSA) is 54.8 Å². The fourth-order valence-electron chi connectivity index (χ4n) is 3.58. The molecule has 0 aliphatic carbocycles. The molecular weight excluding hydrogens is 378 g/mol. The molecule has 0 bridgehead atoms. The van der Waals surface area contributed by atoms with Gasteiger partial charge >= 0.3 is 5.97 Å². The molecule has 1 aromatic heterocycles. The average molecular weight is 403 g/mol. The highest BCUT2D eigenvalue weighted by atomic mass is 16.5. The van der Waals surface area contributed by atoms with Gasteiger partial charge < -0.3 is 14.2 Å². The van der Waals surface area contributed by atoms with Gasteiger partial charge in [0.1, 0.15) is 0 Å². The van der Waals surface area contributed by atoms with E-state index in [-0.39, 0.29) is 12.5 Å². The molecule has 0 radical (unpaired) electrons. The van der Waals surface area contributed by atoms with Crippen LogP contribution in [0.1, 0.15) is 15.9 Å². The molecule has 3 aromatic rings. The Morgan fingerprint density at radius 3 is 2.13 bits per heavy atom. The molecular formula is C24H25N3O3. The number of aromatic nitrogens is 1. The van der Waals surface area contributed by atoms with Crippen molar-refractivity contribution in [1.29, 1.82) is 0 Å². The van der Waals surface area contributed by atoms with Crippen molar-refractivity contribution in [3.05, 3.63) is 90.3 Å². The third kappa shape index (κ3) is 4.96. The van der Waals surface area contributed by atoms with Gasteiger partial charge in [0, 0.05) is 50.8 Å². The van der Waals surface area contributed by atoms with Gasteiger partial charge in [0.15, 0.2) is 6.61 Å². The normalized spacial score (nSPS) is 14.5. The lowest BCUT2D eigenvalue weighted by molar-refractivity contribution is -0.136. The molecule has 4 rings (SSSR count). The highest BCUT2D eigenvalue weighted by molar-refractivity contribution is 5.91. The SMILES string of the molecule is O=C(OCC(=O)N1CCN(Cc2ccccc2)CC1)c1ccc(-n2cccc2)cc1. The van der Waals surface area contributed by atoms with Gasteiger partial charge in [-0.2, -0.15) is 0 Å². The van der Waals surface area contributed by atoms with Crippen LogP contribution in [0, 0.1) is 0 Å². The Morgan fingerprint density at radius 1 is 0.800 bits per heavy atom. The quantitative estimate of drug-likeness (QED) is 0.594. The van der Waals surface area contributed by atoms with E-state index in [4.69, 9.17) is 4.74 Å². The maximum atomic E-state index is 12.4. The number of hydrogen-bond donors (Lipinski definition) is 0. The summed E-state index contributed by atoms with van der Waals surface area (Å²) in [5.41, 5.74) is 2.67. The van der Waals surface area contributed by atoms with Crippen molar-refractivity contribution >= 4 is 11.9 Å². The van der Waals surface area contributed by atoms with E-state index < -0.39 is 5.97 Å². The van der Waals surface area contributed by atoms with Crippen LogP contribution in [0.5, 0.6) is 0 Å². The van der Waals surface area contributed by atoms with Crippen LogP contribution in [0.2, 0.25) is 0 Å². The van der Waals surface area contributed by atoms with E-state index >= 15 is 0 Å². The van der Waals surface area contributed by atoms with E-state index in [2.05, 4.69) is 17.0 Å². The van der Waals surface area contributed by atoms with Gasteiger partial charge in [-0.1, -0.05) is 30.3 Å². The number of carbonyl (C=O) groups is 2. The van der Waals surface area contributed by atoms with Crippen molar-refractivity contribution in [1.82, 2.24) is 14.4 Å². The minimum absolute atomic E-state index is 0.147. The number of ether oxygens (including phenoxy) is 1. The summed E-state index contributed by atoms with van der Waals surface area (Å²) in [7, 11) is 0. The number of carbonyl (C=O) groups excluding carboxylic acids is 2. The van der Waals surface area contributed by atoms with Gasteiger partial charge in [0.05, 0.1) is 5.56 Å². The molecule has 0 atom stereocenters. The number of benzene rings is 2. The molecule has 1 aliphatic rings. The Hall–Kier alpha value is -3.38. The van der Waals surface area contributed by atoms with Gasteiger partial charge in [-0.05, 0) is 42.0 Å². The van der Waals surface area contributed by atoms with Crippen molar-refractivity contribution in [2.24, 2.45) is 0 Å². The molecule has 30 heavy (non-hydrogen) atoms. The van der Waals surface area contributed by atoms with Gasteiger partial charge in [0.2, 0.25) is 0 Å². The van der Waals surface area contributed by atoms with E-state index in [0.29, 0.717) is 18.7 Å². The number of piperazine rings is 1. The van der Waals surface area contributed by atoms with Crippen LogP contribution in [-0.4, -0.2) is 59.0 Å². The molecule has 6 nitrogen and oxygen atoms in total. The molecule has 1 saturated heterocycles. The molecule has 2 heterocycles. The molecule has 0 spiro atoms. The fourth-order valence-corrected chi connectivity index (χ4v) is 3.58. The Kier molecular flexibility index (Phi) is 6.25. The summed E-state index contributed by atoms with van der Waals surface area (Å²) in [6.07, 6.45) is 3.87. The van der Waals surface area contributed by atoms with Crippen LogP contribution in [-0.2, 0) is 16.1 Å². The highest BCUT2D eigenvalue weighted by Gasteiger charge is 2.22. The smallest absolute Gasteiger partial charge is 0.338 e. The summed E-state index contributed by atoms with van der Waals surface area (Å²) in [4.78, 5) is 28.8. The average Bonchev–Trinajstić information content (AvgIpc) is 3.34. The molecule has 6 heteroatoms. The Bertz CT molecular complexity index is 961. The molecule has 0 unspecified atom stereocenters. The zero-order valence-corrected chi connectivity index (χ0v) is 16.8. The maximum Gasteiger partial charge on any atom is 0.338 e. The van der Waals surface area contributed by atoms with Gasteiger partial charge in [-0.15, -0.1) is 0 Å². The molecule has 2 aromatic carbocycles. The predicted octanol–water partition coefficient (Wildman–Crippen LogP) is 2.98. The first-order chi connectivity index (χ1) is 14.7. The van der Waals surface area contributed by atoms with Crippen molar-refractivity contribution in [2.45, 2.75) is 6.54 Å². The number of esters is 1. The molecule has 0 N–H and O–H groups in total. The molecule has 154 valence electrons. The number of hydrogen-bond acceptors (Lipinski definition) is 4. The minimum Gasteiger partial charge on any atom is -0.452 e. The largest absolute Gasteiger partial charge is 0.452 e. The van der Waals surface area contributed by atoms with Gasteiger partial charge in [-0.3, -0.25) is 9.69 Å². The van der Waals surface area contributed by atoms with E-state index in [1.165, 1.54) is 5.56 Å².